The molecule has 0 unspecified atom stereocenters. The number of furan rings is 1. The smallest absolute Gasteiger partial charge is 0.191 e. The number of nitrogens with one attached hydrogen (secondary N) is 2. The van der Waals surface area contributed by atoms with Gasteiger partial charge in [0.15, 0.2) is 5.96 Å². The van der Waals surface area contributed by atoms with E-state index in [4.69, 9.17) is 4.42 Å². The van der Waals surface area contributed by atoms with Crippen LogP contribution in [0.25, 0.3) is 11.0 Å². The number of halogens is 1. The van der Waals surface area contributed by atoms with Crippen LogP contribution in [-0.2, 0) is 20.1 Å². The first-order valence-electron chi connectivity index (χ1n) is 8.37. The van der Waals surface area contributed by atoms with E-state index in [0.29, 0.717) is 18.7 Å². The van der Waals surface area contributed by atoms with Crippen LogP contribution in [0.5, 0.6) is 0 Å². The fourth-order valence-electron chi connectivity index (χ4n) is 2.74. The van der Waals surface area contributed by atoms with E-state index in [1.807, 2.05) is 43.9 Å². The van der Waals surface area contributed by atoms with Crippen molar-refractivity contribution in [3.05, 3.63) is 59.4 Å². The quantitative estimate of drug-likeness (QED) is 0.551. The highest BCUT2D eigenvalue weighted by Crippen LogP contribution is 2.25. The Morgan fingerprint density at radius 2 is 2.12 bits per heavy atom. The molecule has 0 fully saturated rings. The minimum atomic E-state index is -0.256. The Balaban J connectivity index is 1.71. The molecule has 25 heavy (non-hydrogen) atoms. The first-order valence-corrected chi connectivity index (χ1v) is 8.37. The molecule has 0 atom stereocenters. The van der Waals surface area contributed by atoms with Crippen LogP contribution in [0, 0.1) is 12.7 Å². The summed E-state index contributed by atoms with van der Waals surface area (Å²) in [5.41, 5.74) is 2.79. The summed E-state index contributed by atoms with van der Waals surface area (Å²) >= 11 is 0. The SMILES string of the molecule is CCNC(=NCc1ccn(C)c1)NCc1oc2ccc(F)cc2c1C. The Morgan fingerprint density at radius 1 is 1.28 bits per heavy atom. The third kappa shape index (κ3) is 4.02. The van der Waals surface area contributed by atoms with Crippen LogP contribution < -0.4 is 10.6 Å². The van der Waals surface area contributed by atoms with Crippen LogP contribution >= 0.6 is 0 Å². The summed E-state index contributed by atoms with van der Waals surface area (Å²) in [6.07, 6.45) is 4.05. The molecule has 2 N–H and O–H groups in total. The second kappa shape index (κ2) is 7.42. The summed E-state index contributed by atoms with van der Waals surface area (Å²) < 4.78 is 21.3. The van der Waals surface area contributed by atoms with Gasteiger partial charge in [-0.2, -0.15) is 0 Å². The highest BCUT2D eigenvalue weighted by molar-refractivity contribution is 5.83. The second-order valence-corrected chi connectivity index (χ2v) is 6.02. The molecule has 0 aliphatic carbocycles. The van der Waals surface area contributed by atoms with Crippen molar-refractivity contribution in [2.24, 2.45) is 12.0 Å². The Kier molecular flexibility index (Phi) is 5.07. The van der Waals surface area contributed by atoms with Gasteiger partial charge in [-0.3, -0.25) is 0 Å². The maximum atomic E-state index is 13.4. The molecule has 0 amide bonds. The average molecular weight is 342 g/mol. The molecule has 2 aromatic heterocycles. The van der Waals surface area contributed by atoms with Gasteiger partial charge in [-0.1, -0.05) is 0 Å². The van der Waals surface area contributed by atoms with Crippen molar-refractivity contribution in [2.45, 2.75) is 26.9 Å². The van der Waals surface area contributed by atoms with Gasteiger partial charge in [0.1, 0.15) is 17.2 Å². The Bertz CT molecular complexity index is 894. The maximum Gasteiger partial charge on any atom is 0.191 e. The first kappa shape index (κ1) is 17.1. The summed E-state index contributed by atoms with van der Waals surface area (Å²) in [7, 11) is 1.99. The van der Waals surface area contributed by atoms with Crippen molar-refractivity contribution in [1.82, 2.24) is 15.2 Å². The van der Waals surface area contributed by atoms with Gasteiger partial charge in [0.2, 0.25) is 0 Å². The van der Waals surface area contributed by atoms with Gasteiger partial charge in [-0.05, 0) is 43.7 Å². The molecule has 0 aliphatic heterocycles. The third-order valence-corrected chi connectivity index (χ3v) is 4.07. The molecular formula is C19H23FN4O. The monoisotopic (exact) mass is 342 g/mol. The van der Waals surface area contributed by atoms with Crippen molar-refractivity contribution in [2.75, 3.05) is 6.54 Å². The van der Waals surface area contributed by atoms with Gasteiger partial charge < -0.3 is 19.6 Å². The zero-order chi connectivity index (χ0) is 17.8. The zero-order valence-corrected chi connectivity index (χ0v) is 14.8. The number of aryl methyl sites for hydroxylation is 2. The largest absolute Gasteiger partial charge is 0.459 e. The molecule has 6 heteroatoms. The number of aliphatic imine (C=N–C) groups is 1. The van der Waals surface area contributed by atoms with Crippen molar-refractivity contribution < 1.29 is 8.81 Å². The Morgan fingerprint density at radius 3 is 2.84 bits per heavy atom. The fraction of sp³-hybridized carbons (Fsp3) is 0.316. The lowest BCUT2D eigenvalue weighted by Gasteiger charge is -2.10. The molecular weight excluding hydrogens is 319 g/mol. The van der Waals surface area contributed by atoms with Gasteiger partial charge in [-0.15, -0.1) is 0 Å². The lowest BCUT2D eigenvalue weighted by atomic mass is 10.1. The van der Waals surface area contributed by atoms with Crippen LogP contribution in [-0.4, -0.2) is 17.1 Å². The maximum absolute atomic E-state index is 13.4. The number of benzene rings is 1. The van der Waals surface area contributed by atoms with E-state index in [1.165, 1.54) is 12.1 Å². The van der Waals surface area contributed by atoms with Gasteiger partial charge in [0.05, 0.1) is 13.1 Å². The summed E-state index contributed by atoms with van der Waals surface area (Å²) in [4.78, 5) is 4.59. The fourth-order valence-corrected chi connectivity index (χ4v) is 2.74. The van der Waals surface area contributed by atoms with Gasteiger partial charge >= 0.3 is 0 Å². The zero-order valence-electron chi connectivity index (χ0n) is 14.8. The predicted molar refractivity (Wildman–Crippen MR) is 98.0 cm³/mol. The van der Waals surface area contributed by atoms with Gasteiger partial charge in [0.25, 0.3) is 0 Å². The molecule has 3 rings (SSSR count). The number of hydrogen-bond donors (Lipinski definition) is 2. The van der Waals surface area contributed by atoms with Crippen molar-refractivity contribution in [1.29, 1.82) is 0 Å². The lowest BCUT2D eigenvalue weighted by Crippen LogP contribution is -2.36. The summed E-state index contributed by atoms with van der Waals surface area (Å²) in [6.45, 7) is 5.82. The molecule has 132 valence electrons. The van der Waals surface area contributed by atoms with Gasteiger partial charge in [-0.25, -0.2) is 9.38 Å². The number of fused-ring (bicyclic) bond motifs is 1. The van der Waals surface area contributed by atoms with E-state index >= 15 is 0 Å². The van der Waals surface area contributed by atoms with E-state index in [2.05, 4.69) is 15.6 Å². The van der Waals surface area contributed by atoms with E-state index in [9.17, 15) is 4.39 Å². The third-order valence-electron chi connectivity index (χ3n) is 4.07. The number of nitrogens with zero attached hydrogens (tertiary/aromatic N) is 2. The molecule has 0 bridgehead atoms. The number of guanidine groups is 1. The van der Waals surface area contributed by atoms with Crippen molar-refractivity contribution in [3.8, 4) is 0 Å². The number of rotatable bonds is 5. The summed E-state index contributed by atoms with van der Waals surface area (Å²) in [5.74, 6) is 1.25. The number of aromatic nitrogens is 1. The standard InChI is InChI=1S/C19H23FN4O/c1-4-21-19(22-10-14-7-8-24(3)12-14)23-11-18-13(2)16-9-15(20)5-6-17(16)25-18/h5-9,12H,4,10-11H2,1-3H3,(H2,21,22,23). The van der Waals surface area contributed by atoms with Crippen LogP contribution in [0.15, 0.2) is 46.1 Å². The molecule has 0 aliphatic rings. The number of hydrogen-bond acceptors (Lipinski definition) is 2. The lowest BCUT2D eigenvalue weighted by molar-refractivity contribution is 0.534. The second-order valence-electron chi connectivity index (χ2n) is 6.02. The molecule has 3 aromatic rings. The Hall–Kier alpha value is -2.76. The van der Waals surface area contributed by atoms with E-state index in [1.54, 1.807) is 6.07 Å². The van der Waals surface area contributed by atoms with Gasteiger partial charge in [0, 0.05) is 36.9 Å². The van der Waals surface area contributed by atoms with Crippen LogP contribution in [0.4, 0.5) is 4.39 Å². The first-order chi connectivity index (χ1) is 12.1. The molecule has 0 radical (unpaired) electrons. The molecule has 2 heterocycles. The average Bonchev–Trinajstić information content (AvgIpc) is 3.14. The minimum Gasteiger partial charge on any atom is -0.459 e. The van der Waals surface area contributed by atoms with Crippen molar-refractivity contribution in [3.63, 3.8) is 0 Å². The van der Waals surface area contributed by atoms with E-state index in [0.717, 1.165) is 34.8 Å². The molecule has 0 spiro atoms. The predicted octanol–water partition coefficient (Wildman–Crippen LogP) is 3.47. The van der Waals surface area contributed by atoms with Crippen LogP contribution in [0.2, 0.25) is 0 Å². The molecule has 1 aromatic carbocycles. The minimum absolute atomic E-state index is 0.256. The van der Waals surface area contributed by atoms with Crippen molar-refractivity contribution >= 4 is 16.9 Å². The van der Waals surface area contributed by atoms with E-state index in [-0.39, 0.29) is 5.82 Å². The molecule has 5 nitrogen and oxygen atoms in total. The molecule has 0 saturated heterocycles. The summed E-state index contributed by atoms with van der Waals surface area (Å²) in [6, 6.07) is 6.63. The normalized spacial score (nSPS) is 11.9. The van der Waals surface area contributed by atoms with E-state index < -0.39 is 0 Å². The summed E-state index contributed by atoms with van der Waals surface area (Å²) in [5, 5.41) is 7.31. The van der Waals surface area contributed by atoms with Crippen LogP contribution in [0.1, 0.15) is 23.8 Å². The molecule has 0 saturated carbocycles. The topological polar surface area (TPSA) is 54.5 Å². The highest BCUT2D eigenvalue weighted by atomic mass is 19.1. The highest BCUT2D eigenvalue weighted by Gasteiger charge is 2.11. The Labute approximate surface area is 146 Å². The van der Waals surface area contributed by atoms with Crippen LogP contribution in [0.3, 0.4) is 0 Å².